The lowest BCUT2D eigenvalue weighted by atomic mass is 10.2. The third-order valence-corrected chi connectivity index (χ3v) is 5.13. The van der Waals surface area contributed by atoms with E-state index in [2.05, 4.69) is 43.4 Å². The summed E-state index contributed by atoms with van der Waals surface area (Å²) in [6.07, 6.45) is 2.53. The molecule has 0 bridgehead atoms. The molecule has 2 aromatic heterocycles. The number of halogens is 1. The van der Waals surface area contributed by atoms with Gasteiger partial charge in [-0.1, -0.05) is 0 Å². The minimum atomic E-state index is 0. The number of thiophene rings is 1. The first-order valence-corrected chi connectivity index (χ1v) is 9.46. The SMILES string of the molecule is CN=C(NCc1ccsc1)NCC(c1ccc(C)o1)N1CCCC1.I. The van der Waals surface area contributed by atoms with Crippen LogP contribution in [0.5, 0.6) is 0 Å². The topological polar surface area (TPSA) is 52.8 Å². The minimum Gasteiger partial charge on any atom is -0.465 e. The highest BCUT2D eigenvalue weighted by Gasteiger charge is 2.26. The van der Waals surface area contributed by atoms with Gasteiger partial charge in [-0.25, -0.2) is 0 Å². The lowest BCUT2D eigenvalue weighted by molar-refractivity contribution is 0.213. The van der Waals surface area contributed by atoms with Crippen LogP contribution in [-0.4, -0.2) is 37.5 Å². The molecule has 1 unspecified atom stereocenters. The number of nitrogens with one attached hydrogen (secondary N) is 2. The normalized spacial score (nSPS) is 16.5. The number of hydrogen-bond acceptors (Lipinski definition) is 4. The van der Waals surface area contributed by atoms with E-state index < -0.39 is 0 Å². The quantitative estimate of drug-likeness (QED) is 0.380. The zero-order valence-corrected chi connectivity index (χ0v) is 18.0. The average molecular weight is 474 g/mol. The van der Waals surface area contributed by atoms with Crippen LogP contribution in [0, 0.1) is 6.92 Å². The fraction of sp³-hybridized carbons (Fsp3) is 0.500. The number of guanidine groups is 1. The Labute approximate surface area is 170 Å². The van der Waals surface area contributed by atoms with E-state index in [0.717, 1.165) is 43.7 Å². The van der Waals surface area contributed by atoms with Crippen LogP contribution >= 0.6 is 35.3 Å². The van der Waals surface area contributed by atoms with Gasteiger partial charge in [0, 0.05) is 20.1 Å². The van der Waals surface area contributed by atoms with Gasteiger partial charge in [0.1, 0.15) is 11.5 Å². The molecule has 1 atom stereocenters. The maximum atomic E-state index is 5.90. The van der Waals surface area contributed by atoms with Crippen LogP contribution < -0.4 is 10.6 Å². The second kappa shape index (κ2) is 10.2. The summed E-state index contributed by atoms with van der Waals surface area (Å²) in [5, 5.41) is 11.1. The highest BCUT2D eigenvalue weighted by Crippen LogP contribution is 2.26. The fourth-order valence-electron chi connectivity index (χ4n) is 3.09. The van der Waals surface area contributed by atoms with E-state index in [9.17, 15) is 0 Å². The van der Waals surface area contributed by atoms with Crippen molar-refractivity contribution in [1.29, 1.82) is 0 Å². The molecule has 0 amide bonds. The molecule has 25 heavy (non-hydrogen) atoms. The Morgan fingerprint density at radius 1 is 1.28 bits per heavy atom. The highest BCUT2D eigenvalue weighted by atomic mass is 127. The van der Waals surface area contributed by atoms with Crippen LogP contribution in [0.15, 0.2) is 38.4 Å². The summed E-state index contributed by atoms with van der Waals surface area (Å²) in [7, 11) is 1.81. The van der Waals surface area contributed by atoms with E-state index in [1.165, 1.54) is 18.4 Å². The Bertz CT molecular complexity index is 650. The number of nitrogens with zero attached hydrogens (tertiary/aromatic N) is 2. The number of likely N-dealkylation sites (tertiary alicyclic amines) is 1. The lowest BCUT2D eigenvalue weighted by Gasteiger charge is -2.26. The molecule has 0 aliphatic carbocycles. The van der Waals surface area contributed by atoms with Crippen LogP contribution in [0.3, 0.4) is 0 Å². The molecule has 5 nitrogen and oxygen atoms in total. The molecule has 1 aliphatic heterocycles. The zero-order valence-electron chi connectivity index (χ0n) is 14.8. The Balaban J connectivity index is 0.00000225. The number of rotatable bonds is 6. The van der Waals surface area contributed by atoms with Gasteiger partial charge in [0.2, 0.25) is 0 Å². The summed E-state index contributed by atoms with van der Waals surface area (Å²) in [5.74, 6) is 2.83. The molecule has 3 heterocycles. The van der Waals surface area contributed by atoms with E-state index >= 15 is 0 Å². The molecule has 2 N–H and O–H groups in total. The molecule has 7 heteroatoms. The molecule has 3 rings (SSSR count). The summed E-state index contributed by atoms with van der Waals surface area (Å²) in [6.45, 7) is 5.84. The minimum absolute atomic E-state index is 0. The second-order valence-electron chi connectivity index (χ2n) is 6.15. The van der Waals surface area contributed by atoms with E-state index in [4.69, 9.17) is 4.42 Å². The molecule has 1 aliphatic rings. The molecule has 2 aromatic rings. The maximum absolute atomic E-state index is 5.90. The van der Waals surface area contributed by atoms with Crippen molar-refractivity contribution in [2.24, 2.45) is 4.99 Å². The third kappa shape index (κ3) is 5.72. The van der Waals surface area contributed by atoms with Gasteiger partial charge in [-0.3, -0.25) is 9.89 Å². The third-order valence-electron chi connectivity index (χ3n) is 4.40. The molecule has 0 spiro atoms. The van der Waals surface area contributed by atoms with Gasteiger partial charge in [0.15, 0.2) is 5.96 Å². The van der Waals surface area contributed by atoms with Gasteiger partial charge in [-0.05, 0) is 67.4 Å². The van der Waals surface area contributed by atoms with Gasteiger partial charge < -0.3 is 15.1 Å². The second-order valence-corrected chi connectivity index (χ2v) is 6.93. The Morgan fingerprint density at radius 3 is 2.68 bits per heavy atom. The van der Waals surface area contributed by atoms with E-state index in [-0.39, 0.29) is 30.0 Å². The van der Waals surface area contributed by atoms with Crippen molar-refractivity contribution >= 4 is 41.3 Å². The molecule has 0 aromatic carbocycles. The molecular weight excluding hydrogens is 447 g/mol. The number of aliphatic imine (C=N–C) groups is 1. The summed E-state index contributed by atoms with van der Waals surface area (Å²) in [6, 6.07) is 6.52. The van der Waals surface area contributed by atoms with Crippen LogP contribution in [0.1, 0.15) is 36.0 Å². The standard InChI is InChI=1S/C18H26N4OS.HI/c1-14-5-6-17(23-14)16(22-8-3-4-9-22)12-21-18(19-2)20-11-15-7-10-24-13-15;/h5-7,10,13,16H,3-4,8-9,11-12H2,1-2H3,(H2,19,20,21);1H. The smallest absolute Gasteiger partial charge is 0.191 e. The van der Waals surface area contributed by atoms with Crippen LogP contribution in [0.4, 0.5) is 0 Å². The van der Waals surface area contributed by atoms with Crippen molar-refractivity contribution in [2.45, 2.75) is 32.4 Å². The summed E-state index contributed by atoms with van der Waals surface area (Å²) < 4.78 is 5.90. The van der Waals surface area contributed by atoms with Gasteiger partial charge in [-0.15, -0.1) is 24.0 Å². The first kappa shape index (κ1) is 20.3. The molecule has 1 saturated heterocycles. The van der Waals surface area contributed by atoms with Crippen LogP contribution in [-0.2, 0) is 6.54 Å². The maximum Gasteiger partial charge on any atom is 0.191 e. The summed E-state index contributed by atoms with van der Waals surface area (Å²) in [4.78, 5) is 6.83. The van der Waals surface area contributed by atoms with Crippen molar-refractivity contribution in [3.63, 3.8) is 0 Å². The Morgan fingerprint density at radius 2 is 2.08 bits per heavy atom. The first-order valence-electron chi connectivity index (χ1n) is 8.52. The van der Waals surface area contributed by atoms with Crippen molar-refractivity contribution in [1.82, 2.24) is 15.5 Å². The Kier molecular flexibility index (Phi) is 8.25. The van der Waals surface area contributed by atoms with Crippen molar-refractivity contribution in [3.8, 4) is 0 Å². The van der Waals surface area contributed by atoms with Gasteiger partial charge >= 0.3 is 0 Å². The van der Waals surface area contributed by atoms with Crippen LogP contribution in [0.2, 0.25) is 0 Å². The largest absolute Gasteiger partial charge is 0.465 e. The number of aryl methyl sites for hydroxylation is 1. The summed E-state index contributed by atoms with van der Waals surface area (Å²) >= 11 is 1.71. The molecule has 138 valence electrons. The van der Waals surface area contributed by atoms with Crippen molar-refractivity contribution < 1.29 is 4.42 Å². The van der Waals surface area contributed by atoms with E-state index in [1.54, 1.807) is 11.3 Å². The number of furan rings is 1. The zero-order chi connectivity index (χ0) is 16.8. The highest BCUT2D eigenvalue weighted by molar-refractivity contribution is 14.0. The fourth-order valence-corrected chi connectivity index (χ4v) is 3.76. The van der Waals surface area contributed by atoms with Crippen molar-refractivity contribution in [3.05, 3.63) is 46.0 Å². The molecular formula is C18H27IN4OS. The van der Waals surface area contributed by atoms with Gasteiger partial charge in [-0.2, -0.15) is 11.3 Å². The molecule has 0 radical (unpaired) electrons. The Hall–Kier alpha value is -1.06. The van der Waals surface area contributed by atoms with Gasteiger partial charge in [0.05, 0.1) is 6.04 Å². The van der Waals surface area contributed by atoms with E-state index in [0.29, 0.717) is 0 Å². The van der Waals surface area contributed by atoms with Gasteiger partial charge in [0.25, 0.3) is 0 Å². The van der Waals surface area contributed by atoms with E-state index in [1.807, 2.05) is 20.0 Å². The monoisotopic (exact) mass is 474 g/mol. The molecule has 1 fully saturated rings. The predicted molar refractivity (Wildman–Crippen MR) is 115 cm³/mol. The number of hydrogen-bond donors (Lipinski definition) is 2. The summed E-state index contributed by atoms with van der Waals surface area (Å²) in [5.41, 5.74) is 1.28. The first-order chi connectivity index (χ1) is 11.8. The lowest BCUT2D eigenvalue weighted by Crippen LogP contribution is -2.42. The predicted octanol–water partition coefficient (Wildman–Crippen LogP) is 3.77. The average Bonchev–Trinajstić information content (AvgIpc) is 3.33. The van der Waals surface area contributed by atoms with Crippen molar-refractivity contribution in [2.75, 3.05) is 26.7 Å². The molecule has 0 saturated carbocycles. The van der Waals surface area contributed by atoms with Crippen LogP contribution in [0.25, 0.3) is 0 Å².